The van der Waals surface area contributed by atoms with Gasteiger partial charge in [0.05, 0.1) is 33.1 Å². The maximum absolute atomic E-state index is 12.5. The molecule has 174 valence electrons. The summed E-state index contributed by atoms with van der Waals surface area (Å²) in [5.41, 5.74) is 2.89. The number of hydrogen-bond acceptors (Lipinski definition) is 6. The largest absolute Gasteiger partial charge is 0.493 e. The molecule has 6 nitrogen and oxygen atoms in total. The molecule has 0 amide bonds. The molecule has 0 atom stereocenters. The van der Waals surface area contributed by atoms with Crippen LogP contribution in [0.1, 0.15) is 25.0 Å². The quantitative estimate of drug-likeness (QED) is 0.464. The molecule has 0 saturated carbocycles. The van der Waals surface area contributed by atoms with Gasteiger partial charge in [0.2, 0.25) is 5.88 Å². The highest BCUT2D eigenvalue weighted by atomic mass is 16.5. The van der Waals surface area contributed by atoms with Gasteiger partial charge in [-0.3, -0.25) is 4.79 Å². The number of carbonyl (C=O) groups is 1. The summed E-state index contributed by atoms with van der Waals surface area (Å²) >= 11 is 0. The van der Waals surface area contributed by atoms with Gasteiger partial charge in [0.15, 0.2) is 11.5 Å². The van der Waals surface area contributed by atoms with E-state index in [0.29, 0.717) is 30.4 Å². The normalized spacial score (nSPS) is 11.2. The van der Waals surface area contributed by atoms with Crippen LogP contribution in [-0.4, -0.2) is 43.3 Å². The van der Waals surface area contributed by atoms with Gasteiger partial charge in [-0.1, -0.05) is 44.2 Å². The lowest BCUT2D eigenvalue weighted by atomic mass is 9.85. The van der Waals surface area contributed by atoms with Gasteiger partial charge < -0.3 is 19.3 Å². The van der Waals surface area contributed by atoms with Crippen molar-refractivity contribution in [3.63, 3.8) is 0 Å². The van der Waals surface area contributed by atoms with Crippen LogP contribution < -0.4 is 14.2 Å². The molecule has 0 aliphatic carbocycles. The number of Topliss-reactive ketones (excluding diaryl/α,β-unsaturated/α-hetero) is 1. The van der Waals surface area contributed by atoms with Crippen molar-refractivity contribution >= 4 is 5.78 Å². The SMILES string of the molecule is COc1ccc(CCOc2cccc(-c3cccc(CC(=O)C(C)(C)CO)c3)n2)cc1OC. The Labute approximate surface area is 195 Å². The number of nitrogens with zero attached hydrogens (tertiary/aromatic N) is 1. The summed E-state index contributed by atoms with van der Waals surface area (Å²) in [4.78, 5) is 17.1. The molecule has 0 unspecified atom stereocenters. The topological polar surface area (TPSA) is 77.9 Å². The summed E-state index contributed by atoms with van der Waals surface area (Å²) < 4.78 is 16.5. The zero-order chi connectivity index (χ0) is 23.8. The standard InChI is InChI=1S/C27H31NO5/c1-27(2,18-29)25(30)17-20-7-5-8-21(15-20)22-9-6-10-26(28-22)33-14-13-19-11-12-23(31-3)24(16-19)32-4/h5-12,15-16,29H,13-14,17-18H2,1-4H3. The van der Waals surface area contributed by atoms with Crippen molar-refractivity contribution in [3.05, 3.63) is 71.8 Å². The van der Waals surface area contributed by atoms with Crippen molar-refractivity contribution in [1.29, 1.82) is 0 Å². The Balaban J connectivity index is 1.66. The van der Waals surface area contributed by atoms with E-state index in [1.54, 1.807) is 28.1 Å². The van der Waals surface area contributed by atoms with Gasteiger partial charge in [-0.15, -0.1) is 0 Å². The number of aliphatic hydroxyl groups is 1. The maximum atomic E-state index is 12.5. The molecule has 0 saturated heterocycles. The summed E-state index contributed by atoms with van der Waals surface area (Å²) in [5.74, 6) is 1.93. The molecule has 1 N–H and O–H groups in total. The van der Waals surface area contributed by atoms with Gasteiger partial charge in [0, 0.05) is 29.9 Å². The highest BCUT2D eigenvalue weighted by Gasteiger charge is 2.26. The number of aromatic nitrogens is 1. The molecule has 6 heteroatoms. The summed E-state index contributed by atoms with van der Waals surface area (Å²) in [6.45, 7) is 3.81. The van der Waals surface area contributed by atoms with Crippen LogP contribution in [0.25, 0.3) is 11.3 Å². The van der Waals surface area contributed by atoms with E-state index in [0.717, 1.165) is 22.4 Å². The third-order valence-electron chi connectivity index (χ3n) is 5.55. The van der Waals surface area contributed by atoms with E-state index in [4.69, 9.17) is 14.2 Å². The number of carbonyl (C=O) groups excluding carboxylic acids is 1. The first kappa shape index (κ1) is 24.3. The van der Waals surface area contributed by atoms with E-state index >= 15 is 0 Å². The predicted octanol–water partition coefficient (Wildman–Crippen LogP) is 4.52. The van der Waals surface area contributed by atoms with E-state index < -0.39 is 5.41 Å². The molecular weight excluding hydrogens is 418 g/mol. The number of aliphatic hydroxyl groups excluding tert-OH is 1. The predicted molar refractivity (Wildman–Crippen MR) is 128 cm³/mol. The van der Waals surface area contributed by atoms with E-state index in [2.05, 4.69) is 4.98 Å². The van der Waals surface area contributed by atoms with Crippen molar-refractivity contribution in [3.8, 4) is 28.6 Å². The molecule has 2 aromatic carbocycles. The van der Waals surface area contributed by atoms with Crippen molar-refractivity contribution < 1.29 is 24.1 Å². The third-order valence-corrected chi connectivity index (χ3v) is 5.55. The smallest absolute Gasteiger partial charge is 0.213 e. The van der Waals surface area contributed by atoms with Crippen molar-refractivity contribution in [2.75, 3.05) is 27.4 Å². The molecule has 0 bridgehead atoms. The van der Waals surface area contributed by atoms with Gasteiger partial charge in [0.1, 0.15) is 5.78 Å². The number of hydrogen-bond donors (Lipinski definition) is 1. The van der Waals surface area contributed by atoms with Crippen molar-refractivity contribution in [2.45, 2.75) is 26.7 Å². The first-order chi connectivity index (χ1) is 15.9. The first-order valence-electron chi connectivity index (χ1n) is 10.9. The molecule has 0 radical (unpaired) electrons. The molecule has 0 aliphatic heterocycles. The Bertz CT molecular complexity index is 1090. The Morgan fingerprint density at radius 3 is 2.42 bits per heavy atom. The molecule has 1 aromatic heterocycles. The van der Waals surface area contributed by atoms with E-state index in [9.17, 15) is 9.90 Å². The molecule has 0 spiro atoms. The number of rotatable bonds is 11. The van der Waals surface area contributed by atoms with Gasteiger partial charge in [-0.2, -0.15) is 0 Å². The number of methoxy groups -OCH3 is 2. The second-order valence-electron chi connectivity index (χ2n) is 8.49. The fourth-order valence-corrected chi connectivity index (χ4v) is 3.32. The lowest BCUT2D eigenvalue weighted by Gasteiger charge is -2.19. The van der Waals surface area contributed by atoms with Crippen LogP contribution in [-0.2, 0) is 17.6 Å². The van der Waals surface area contributed by atoms with E-state index in [1.165, 1.54) is 0 Å². The Morgan fingerprint density at radius 1 is 0.939 bits per heavy atom. The fraction of sp³-hybridized carbons (Fsp3) is 0.333. The molecule has 3 aromatic rings. The Kier molecular flexibility index (Phi) is 8.06. The van der Waals surface area contributed by atoms with Gasteiger partial charge >= 0.3 is 0 Å². The second kappa shape index (κ2) is 11.0. The lowest BCUT2D eigenvalue weighted by Crippen LogP contribution is -2.29. The summed E-state index contributed by atoms with van der Waals surface area (Å²) in [6.07, 6.45) is 0.966. The van der Waals surface area contributed by atoms with Gasteiger partial charge in [-0.05, 0) is 35.4 Å². The van der Waals surface area contributed by atoms with E-state index in [-0.39, 0.29) is 18.8 Å². The van der Waals surface area contributed by atoms with Crippen LogP contribution in [0.3, 0.4) is 0 Å². The minimum atomic E-state index is -0.754. The van der Waals surface area contributed by atoms with Gasteiger partial charge in [-0.25, -0.2) is 4.98 Å². The van der Waals surface area contributed by atoms with Crippen LogP contribution in [0.5, 0.6) is 17.4 Å². The molecule has 3 rings (SSSR count). The number of benzene rings is 2. The van der Waals surface area contributed by atoms with E-state index in [1.807, 2.05) is 60.7 Å². The van der Waals surface area contributed by atoms with Crippen molar-refractivity contribution in [2.24, 2.45) is 5.41 Å². The highest BCUT2D eigenvalue weighted by Crippen LogP contribution is 2.28. The van der Waals surface area contributed by atoms with Gasteiger partial charge in [0.25, 0.3) is 0 Å². The summed E-state index contributed by atoms with van der Waals surface area (Å²) in [5, 5.41) is 9.44. The average molecular weight is 450 g/mol. The first-order valence-corrected chi connectivity index (χ1v) is 10.9. The summed E-state index contributed by atoms with van der Waals surface area (Å²) in [6, 6.07) is 19.2. The lowest BCUT2D eigenvalue weighted by molar-refractivity contribution is -0.128. The zero-order valence-corrected chi connectivity index (χ0v) is 19.6. The number of ketones is 1. The number of pyridine rings is 1. The second-order valence-corrected chi connectivity index (χ2v) is 8.49. The van der Waals surface area contributed by atoms with Crippen molar-refractivity contribution in [1.82, 2.24) is 4.98 Å². The average Bonchev–Trinajstić information content (AvgIpc) is 2.84. The van der Waals surface area contributed by atoms with Crippen LogP contribution >= 0.6 is 0 Å². The number of ether oxygens (including phenoxy) is 3. The van der Waals surface area contributed by atoms with Crippen LogP contribution in [0, 0.1) is 5.41 Å². The molecule has 0 fully saturated rings. The Hall–Kier alpha value is -3.38. The van der Waals surface area contributed by atoms with Crippen LogP contribution in [0.4, 0.5) is 0 Å². The molecule has 1 heterocycles. The highest BCUT2D eigenvalue weighted by molar-refractivity contribution is 5.86. The fourth-order valence-electron chi connectivity index (χ4n) is 3.32. The third kappa shape index (κ3) is 6.33. The van der Waals surface area contributed by atoms with Crippen LogP contribution in [0.2, 0.25) is 0 Å². The molecule has 0 aliphatic rings. The minimum absolute atomic E-state index is 0.00218. The molecule has 33 heavy (non-hydrogen) atoms. The zero-order valence-electron chi connectivity index (χ0n) is 19.6. The maximum Gasteiger partial charge on any atom is 0.213 e. The monoisotopic (exact) mass is 449 g/mol. The minimum Gasteiger partial charge on any atom is -0.493 e. The Morgan fingerprint density at radius 2 is 1.70 bits per heavy atom. The van der Waals surface area contributed by atoms with Crippen LogP contribution in [0.15, 0.2) is 60.7 Å². The summed E-state index contributed by atoms with van der Waals surface area (Å²) in [7, 11) is 3.23. The molecular formula is C27H31NO5.